The second-order valence-corrected chi connectivity index (χ2v) is 9.98. The number of rotatable bonds is 4. The summed E-state index contributed by atoms with van der Waals surface area (Å²) < 4.78 is 0. The molecule has 1 unspecified atom stereocenters. The van der Waals surface area contributed by atoms with Crippen LogP contribution in [0.1, 0.15) is 95.1 Å². The Labute approximate surface area is 171 Å². The fourth-order valence-corrected chi connectivity index (χ4v) is 5.18. The third kappa shape index (κ3) is 5.75. The predicted molar refractivity (Wildman–Crippen MR) is 117 cm³/mol. The van der Waals surface area contributed by atoms with Crippen LogP contribution >= 0.6 is 11.6 Å². The Bertz CT molecular complexity index is 665. The first kappa shape index (κ1) is 20.8. The van der Waals surface area contributed by atoms with Crippen molar-refractivity contribution >= 4 is 11.6 Å². The highest BCUT2D eigenvalue weighted by molar-refractivity contribution is 6.31. The molecule has 1 atom stereocenters. The molecule has 1 aromatic rings. The summed E-state index contributed by atoms with van der Waals surface area (Å²) in [5, 5.41) is 0.812. The van der Waals surface area contributed by atoms with Crippen molar-refractivity contribution < 1.29 is 0 Å². The molecule has 2 N–H and O–H groups in total. The Morgan fingerprint density at radius 2 is 1.81 bits per heavy atom. The first-order valence-electron chi connectivity index (χ1n) is 11.0. The maximum Gasteiger partial charge on any atom is 0.0565 e. The Kier molecular flexibility index (Phi) is 7.29. The molecule has 0 aliphatic heterocycles. The maximum absolute atomic E-state index is 6.58. The van der Waals surface area contributed by atoms with Gasteiger partial charge in [-0.2, -0.15) is 0 Å². The first-order valence-corrected chi connectivity index (χ1v) is 11.3. The minimum absolute atomic E-state index is 0.504. The fraction of sp³-hybridized carbons (Fsp3) is 0.680. The molecule has 0 saturated heterocycles. The van der Waals surface area contributed by atoms with Crippen LogP contribution in [0.25, 0.3) is 0 Å². The van der Waals surface area contributed by atoms with Gasteiger partial charge in [0.15, 0.2) is 0 Å². The van der Waals surface area contributed by atoms with Gasteiger partial charge in [0.1, 0.15) is 0 Å². The normalized spacial score (nSPS) is 22.1. The summed E-state index contributed by atoms with van der Waals surface area (Å²) in [6.45, 7) is 5.53. The molecule has 1 nitrogen and oxygen atoms in total. The summed E-state index contributed by atoms with van der Waals surface area (Å²) in [6, 6.07) is 6.54. The quantitative estimate of drug-likeness (QED) is 0.559. The van der Waals surface area contributed by atoms with Crippen LogP contribution in [-0.2, 0) is 0 Å². The molecule has 2 aliphatic carbocycles. The van der Waals surface area contributed by atoms with Crippen LogP contribution in [0.5, 0.6) is 0 Å². The van der Waals surface area contributed by atoms with Crippen molar-refractivity contribution in [2.75, 3.05) is 6.54 Å². The molecule has 2 heteroatoms. The van der Waals surface area contributed by atoms with E-state index < -0.39 is 0 Å². The number of benzene rings is 1. The van der Waals surface area contributed by atoms with E-state index in [0.29, 0.717) is 17.3 Å². The molecule has 148 valence electrons. The van der Waals surface area contributed by atoms with Crippen molar-refractivity contribution in [3.05, 3.63) is 34.3 Å². The minimum Gasteiger partial charge on any atom is -0.330 e. The molecule has 0 bridgehead atoms. The van der Waals surface area contributed by atoms with E-state index in [4.69, 9.17) is 17.3 Å². The monoisotopic (exact) mass is 385 g/mol. The van der Waals surface area contributed by atoms with Gasteiger partial charge in [0, 0.05) is 12.0 Å². The second-order valence-electron chi connectivity index (χ2n) is 9.58. The Balaban J connectivity index is 1.60. The molecule has 2 saturated carbocycles. The smallest absolute Gasteiger partial charge is 0.0565 e. The van der Waals surface area contributed by atoms with Crippen molar-refractivity contribution in [2.45, 2.75) is 84.0 Å². The summed E-state index contributed by atoms with van der Waals surface area (Å²) in [5.74, 6) is 8.68. The van der Waals surface area contributed by atoms with Crippen LogP contribution in [0.15, 0.2) is 18.2 Å². The zero-order valence-corrected chi connectivity index (χ0v) is 18.0. The van der Waals surface area contributed by atoms with E-state index in [0.717, 1.165) is 29.5 Å². The van der Waals surface area contributed by atoms with E-state index in [1.54, 1.807) is 0 Å². The van der Waals surface area contributed by atoms with Crippen molar-refractivity contribution in [3.8, 4) is 11.8 Å². The molecule has 0 heterocycles. The van der Waals surface area contributed by atoms with E-state index in [1.807, 2.05) is 0 Å². The Morgan fingerprint density at radius 1 is 1.11 bits per heavy atom. The van der Waals surface area contributed by atoms with E-state index >= 15 is 0 Å². The van der Waals surface area contributed by atoms with Crippen LogP contribution in [0.3, 0.4) is 0 Å². The van der Waals surface area contributed by atoms with Gasteiger partial charge < -0.3 is 5.73 Å². The molecule has 1 aromatic carbocycles. The molecule has 0 aromatic heterocycles. The van der Waals surface area contributed by atoms with Gasteiger partial charge in [-0.25, -0.2) is 0 Å². The third-order valence-electron chi connectivity index (χ3n) is 7.01. The van der Waals surface area contributed by atoms with Gasteiger partial charge in [-0.05, 0) is 73.1 Å². The Morgan fingerprint density at radius 3 is 2.44 bits per heavy atom. The van der Waals surface area contributed by atoms with Crippen LogP contribution in [0, 0.1) is 29.1 Å². The lowest BCUT2D eigenvalue weighted by Gasteiger charge is -2.34. The van der Waals surface area contributed by atoms with E-state index in [2.05, 4.69) is 43.9 Å². The second kappa shape index (κ2) is 9.49. The number of hydrogen-bond donors (Lipinski definition) is 1. The van der Waals surface area contributed by atoms with Crippen LogP contribution < -0.4 is 5.73 Å². The first-order chi connectivity index (χ1) is 13.0. The van der Waals surface area contributed by atoms with Gasteiger partial charge in [-0.1, -0.05) is 75.5 Å². The molecule has 27 heavy (non-hydrogen) atoms. The van der Waals surface area contributed by atoms with Gasteiger partial charge in [0.2, 0.25) is 0 Å². The van der Waals surface area contributed by atoms with Crippen LogP contribution in [-0.4, -0.2) is 6.54 Å². The molecule has 2 fully saturated rings. The summed E-state index contributed by atoms with van der Waals surface area (Å²) in [4.78, 5) is 0. The zero-order chi connectivity index (χ0) is 19.3. The summed E-state index contributed by atoms with van der Waals surface area (Å²) in [7, 11) is 0. The van der Waals surface area contributed by atoms with Gasteiger partial charge in [-0.15, -0.1) is 0 Å². The van der Waals surface area contributed by atoms with Gasteiger partial charge in [0.05, 0.1) is 5.02 Å². The molecule has 2 aliphatic rings. The van der Waals surface area contributed by atoms with Crippen LogP contribution in [0.4, 0.5) is 0 Å². The van der Waals surface area contributed by atoms with Crippen molar-refractivity contribution in [1.82, 2.24) is 0 Å². The number of halogens is 1. The molecule has 3 rings (SSSR count). The predicted octanol–water partition coefficient (Wildman–Crippen LogP) is 6.92. The standard InChI is InChI=1S/C25H36ClN/c1-25(2)15-13-20(14-16-25)22-12-11-21(24(26)17-22)9-6-10-23(18-27)19-7-4-3-5-8-19/h11-12,17,19-20,23H,3-5,7-8,10,13-16,18,27H2,1-2H3. The van der Waals surface area contributed by atoms with Crippen molar-refractivity contribution in [2.24, 2.45) is 23.0 Å². The zero-order valence-electron chi connectivity index (χ0n) is 17.2. The van der Waals surface area contributed by atoms with Crippen LogP contribution in [0.2, 0.25) is 5.02 Å². The maximum atomic E-state index is 6.58. The molecule has 0 radical (unpaired) electrons. The molecule has 0 amide bonds. The largest absolute Gasteiger partial charge is 0.330 e. The van der Waals surface area contributed by atoms with Crippen molar-refractivity contribution in [1.29, 1.82) is 0 Å². The van der Waals surface area contributed by atoms with Gasteiger partial charge in [0.25, 0.3) is 0 Å². The van der Waals surface area contributed by atoms with E-state index in [1.165, 1.54) is 63.4 Å². The topological polar surface area (TPSA) is 26.0 Å². The average Bonchev–Trinajstić information content (AvgIpc) is 2.67. The van der Waals surface area contributed by atoms with Crippen molar-refractivity contribution in [3.63, 3.8) is 0 Å². The summed E-state index contributed by atoms with van der Waals surface area (Å²) in [5.41, 5.74) is 8.90. The van der Waals surface area contributed by atoms with Gasteiger partial charge >= 0.3 is 0 Å². The summed E-state index contributed by atoms with van der Waals surface area (Å²) in [6.07, 6.45) is 12.8. The number of hydrogen-bond acceptors (Lipinski definition) is 1. The summed E-state index contributed by atoms with van der Waals surface area (Å²) >= 11 is 6.58. The van der Waals surface area contributed by atoms with E-state index in [-0.39, 0.29) is 0 Å². The minimum atomic E-state index is 0.504. The fourth-order valence-electron chi connectivity index (χ4n) is 4.94. The highest BCUT2D eigenvalue weighted by Crippen LogP contribution is 2.42. The number of nitrogens with two attached hydrogens (primary N) is 1. The van der Waals surface area contributed by atoms with Gasteiger partial charge in [-0.3, -0.25) is 0 Å². The Hall–Kier alpha value is -0.970. The molecular formula is C25H36ClN. The third-order valence-corrected chi connectivity index (χ3v) is 7.32. The SMILES string of the molecule is CC1(C)CCC(c2ccc(C#CCC(CN)C3CCCCC3)c(Cl)c2)CC1. The highest BCUT2D eigenvalue weighted by Gasteiger charge is 2.27. The average molecular weight is 386 g/mol. The molecule has 0 spiro atoms. The highest BCUT2D eigenvalue weighted by atomic mass is 35.5. The van der Waals surface area contributed by atoms with E-state index in [9.17, 15) is 0 Å². The lowest BCUT2D eigenvalue weighted by Crippen LogP contribution is -2.25. The lowest BCUT2D eigenvalue weighted by atomic mass is 9.71. The molecular weight excluding hydrogens is 350 g/mol. The lowest BCUT2D eigenvalue weighted by molar-refractivity contribution is 0.224.